The van der Waals surface area contributed by atoms with Gasteiger partial charge in [-0.3, -0.25) is 9.78 Å². The monoisotopic (exact) mass is 478 g/mol. The fourth-order valence-electron chi connectivity index (χ4n) is 4.41. The van der Waals surface area contributed by atoms with Crippen LogP contribution in [0, 0.1) is 13.8 Å². The highest BCUT2D eigenvalue weighted by Gasteiger charge is 2.18. The Kier molecular flexibility index (Phi) is 6.56. The molecule has 0 radical (unpaired) electrons. The van der Waals surface area contributed by atoms with Crippen LogP contribution in [0.5, 0.6) is 0 Å². The molecule has 1 amide bonds. The zero-order valence-corrected chi connectivity index (χ0v) is 20.4. The van der Waals surface area contributed by atoms with Crippen molar-refractivity contribution in [2.45, 2.75) is 26.8 Å². The van der Waals surface area contributed by atoms with Gasteiger partial charge in [0.25, 0.3) is 5.91 Å². The SMILES string of the molecule is Cc1noc(C)c1CCNC(=O)c1nccc2nc(-c3ccc(C[NH3+])cc3)c(-c3ccccc3)cc12. The summed E-state index contributed by atoms with van der Waals surface area (Å²) < 4.78 is 5.22. The van der Waals surface area contributed by atoms with Gasteiger partial charge in [-0.05, 0) is 38.0 Å². The summed E-state index contributed by atoms with van der Waals surface area (Å²) in [7, 11) is 0. The number of fused-ring (bicyclic) bond motifs is 1. The van der Waals surface area contributed by atoms with Crippen LogP contribution in [0.3, 0.4) is 0 Å². The first-order valence-corrected chi connectivity index (χ1v) is 12.0. The lowest BCUT2D eigenvalue weighted by atomic mass is 9.96. The highest BCUT2D eigenvalue weighted by Crippen LogP contribution is 2.34. The first kappa shape index (κ1) is 23.4. The summed E-state index contributed by atoms with van der Waals surface area (Å²) in [6.45, 7) is 4.97. The topological polar surface area (TPSA) is 109 Å². The number of quaternary nitrogens is 1. The van der Waals surface area contributed by atoms with E-state index in [1.165, 1.54) is 5.56 Å². The van der Waals surface area contributed by atoms with Crippen LogP contribution in [0.4, 0.5) is 0 Å². The summed E-state index contributed by atoms with van der Waals surface area (Å²) in [4.78, 5) is 22.6. The molecule has 7 heteroatoms. The van der Waals surface area contributed by atoms with Crippen LogP contribution >= 0.6 is 0 Å². The van der Waals surface area contributed by atoms with E-state index < -0.39 is 0 Å². The van der Waals surface area contributed by atoms with Crippen LogP contribution in [0.2, 0.25) is 0 Å². The molecule has 3 aromatic heterocycles. The maximum Gasteiger partial charge on any atom is 0.270 e. The van der Waals surface area contributed by atoms with E-state index in [9.17, 15) is 4.79 Å². The Morgan fingerprint density at radius 2 is 1.78 bits per heavy atom. The first-order chi connectivity index (χ1) is 17.5. The number of nitrogens with one attached hydrogen (secondary N) is 1. The number of pyridine rings is 2. The third kappa shape index (κ3) is 4.61. The summed E-state index contributed by atoms with van der Waals surface area (Å²) in [5.74, 6) is 0.540. The van der Waals surface area contributed by atoms with Crippen molar-refractivity contribution in [3.05, 3.63) is 101 Å². The molecule has 180 valence electrons. The van der Waals surface area contributed by atoms with Gasteiger partial charge >= 0.3 is 0 Å². The van der Waals surface area contributed by atoms with Gasteiger partial charge in [0, 0.05) is 40.4 Å². The van der Waals surface area contributed by atoms with Crippen LogP contribution in [-0.4, -0.2) is 27.6 Å². The van der Waals surface area contributed by atoms with Crippen LogP contribution in [-0.2, 0) is 13.0 Å². The van der Waals surface area contributed by atoms with E-state index in [1.807, 2.05) is 44.2 Å². The molecule has 0 fully saturated rings. The van der Waals surface area contributed by atoms with Crippen molar-refractivity contribution in [1.29, 1.82) is 0 Å². The number of aromatic nitrogens is 3. The van der Waals surface area contributed by atoms with Gasteiger partial charge in [0.1, 0.15) is 11.5 Å². The second-order valence-electron chi connectivity index (χ2n) is 8.73. The van der Waals surface area contributed by atoms with Crippen LogP contribution in [0.1, 0.15) is 33.1 Å². The molecule has 5 aromatic rings. The Labute approximate surface area is 209 Å². The molecule has 5 rings (SSSR count). The molecule has 0 atom stereocenters. The molecule has 0 aliphatic heterocycles. The average molecular weight is 479 g/mol. The van der Waals surface area contributed by atoms with Crippen LogP contribution in [0.15, 0.2) is 77.4 Å². The van der Waals surface area contributed by atoms with Crippen molar-refractivity contribution in [2.24, 2.45) is 0 Å². The van der Waals surface area contributed by atoms with Crippen molar-refractivity contribution in [2.75, 3.05) is 6.54 Å². The lowest BCUT2D eigenvalue weighted by Crippen LogP contribution is -2.47. The summed E-state index contributed by atoms with van der Waals surface area (Å²) in [5.41, 5.74) is 11.9. The number of carbonyl (C=O) groups is 1. The predicted octanol–water partition coefficient (Wildman–Crippen LogP) is 4.28. The van der Waals surface area contributed by atoms with Gasteiger partial charge < -0.3 is 15.6 Å². The van der Waals surface area contributed by atoms with E-state index in [2.05, 4.69) is 57.6 Å². The first-order valence-electron chi connectivity index (χ1n) is 12.0. The Morgan fingerprint density at radius 3 is 2.47 bits per heavy atom. The molecular weight excluding hydrogens is 450 g/mol. The van der Waals surface area contributed by atoms with Crippen LogP contribution < -0.4 is 11.1 Å². The number of amides is 1. The van der Waals surface area contributed by atoms with Crippen molar-refractivity contribution < 1.29 is 15.1 Å². The molecule has 36 heavy (non-hydrogen) atoms. The quantitative estimate of drug-likeness (QED) is 0.363. The molecule has 0 saturated carbocycles. The number of hydrogen-bond acceptors (Lipinski definition) is 5. The van der Waals surface area contributed by atoms with Crippen LogP contribution in [0.25, 0.3) is 33.3 Å². The third-order valence-electron chi connectivity index (χ3n) is 6.40. The van der Waals surface area contributed by atoms with E-state index in [1.54, 1.807) is 6.20 Å². The van der Waals surface area contributed by atoms with Gasteiger partial charge in [0.05, 0.1) is 23.4 Å². The van der Waals surface area contributed by atoms with Gasteiger partial charge in [0.2, 0.25) is 0 Å². The van der Waals surface area contributed by atoms with E-state index in [0.717, 1.165) is 51.5 Å². The summed E-state index contributed by atoms with van der Waals surface area (Å²) in [5, 5.41) is 7.69. The van der Waals surface area contributed by atoms with Crippen molar-refractivity contribution in [3.63, 3.8) is 0 Å². The molecule has 4 N–H and O–H groups in total. The fraction of sp³-hybridized carbons (Fsp3) is 0.172. The highest BCUT2D eigenvalue weighted by molar-refractivity contribution is 6.06. The van der Waals surface area contributed by atoms with Crippen molar-refractivity contribution in [3.8, 4) is 22.4 Å². The molecule has 3 heterocycles. The van der Waals surface area contributed by atoms with E-state index in [0.29, 0.717) is 24.0 Å². The number of rotatable bonds is 7. The number of nitrogens with zero attached hydrogens (tertiary/aromatic N) is 3. The molecule has 7 nitrogen and oxygen atoms in total. The lowest BCUT2D eigenvalue weighted by Gasteiger charge is -2.14. The standard InChI is InChI=1S/C29H27N5O2/c1-18-23(19(2)36-34-18)12-14-32-29(35)28-25-16-24(21-6-4-3-5-7-21)27(33-26(25)13-15-31-28)22-10-8-20(17-30)9-11-22/h3-11,13,15-16H,12,14,17,30H2,1-2H3,(H,32,35)/p+1. The minimum absolute atomic E-state index is 0.235. The second-order valence-corrected chi connectivity index (χ2v) is 8.73. The van der Waals surface area contributed by atoms with E-state index in [-0.39, 0.29) is 5.91 Å². The van der Waals surface area contributed by atoms with Gasteiger partial charge in [-0.2, -0.15) is 0 Å². The second kappa shape index (κ2) is 10.1. The van der Waals surface area contributed by atoms with Gasteiger partial charge in [-0.1, -0.05) is 59.8 Å². The summed E-state index contributed by atoms with van der Waals surface area (Å²) in [6.07, 6.45) is 2.27. The smallest absolute Gasteiger partial charge is 0.270 e. The van der Waals surface area contributed by atoms with Gasteiger partial charge in [-0.25, -0.2) is 4.98 Å². The number of carbonyl (C=O) groups excluding carboxylic acids is 1. The van der Waals surface area contributed by atoms with Gasteiger partial charge in [-0.15, -0.1) is 0 Å². The predicted molar refractivity (Wildman–Crippen MR) is 139 cm³/mol. The van der Waals surface area contributed by atoms with Gasteiger partial charge in [0.15, 0.2) is 0 Å². The fourth-order valence-corrected chi connectivity index (χ4v) is 4.41. The highest BCUT2D eigenvalue weighted by atomic mass is 16.5. The number of aryl methyl sites for hydroxylation is 2. The molecule has 0 unspecified atom stereocenters. The zero-order valence-electron chi connectivity index (χ0n) is 20.4. The lowest BCUT2D eigenvalue weighted by molar-refractivity contribution is -0.386. The molecule has 0 spiro atoms. The van der Waals surface area contributed by atoms with E-state index in [4.69, 9.17) is 9.51 Å². The largest absolute Gasteiger partial charge is 0.361 e. The average Bonchev–Trinajstić information content (AvgIpc) is 3.24. The normalized spacial score (nSPS) is 11.1. The molecule has 0 aliphatic rings. The Morgan fingerprint density at radius 1 is 1.00 bits per heavy atom. The zero-order chi connectivity index (χ0) is 25.1. The molecule has 0 saturated heterocycles. The Balaban J connectivity index is 1.53. The number of hydrogen-bond donors (Lipinski definition) is 2. The molecule has 2 aromatic carbocycles. The maximum atomic E-state index is 13.2. The minimum atomic E-state index is -0.235. The molecular formula is C29H28N5O2+. The number of benzene rings is 2. The van der Waals surface area contributed by atoms with E-state index >= 15 is 0 Å². The maximum absolute atomic E-state index is 13.2. The van der Waals surface area contributed by atoms with Crippen molar-refractivity contribution in [1.82, 2.24) is 20.4 Å². The molecule has 0 aliphatic carbocycles. The summed E-state index contributed by atoms with van der Waals surface area (Å²) >= 11 is 0. The Hall–Kier alpha value is -4.36. The summed E-state index contributed by atoms with van der Waals surface area (Å²) in [6, 6.07) is 22.3. The third-order valence-corrected chi connectivity index (χ3v) is 6.40. The molecule has 0 bridgehead atoms. The van der Waals surface area contributed by atoms with Crippen molar-refractivity contribution >= 4 is 16.8 Å². The Bertz CT molecular complexity index is 1510. The minimum Gasteiger partial charge on any atom is -0.361 e.